The average molecular weight is 445 g/mol. The molecule has 0 atom stereocenters. The molecule has 0 radical (unpaired) electrons. The Kier molecular flexibility index (Phi) is 6.83. The fraction of sp³-hybridized carbons (Fsp3) is 0.222. The van der Waals surface area contributed by atoms with Crippen LogP contribution in [0.5, 0.6) is 28.7 Å². The minimum atomic E-state index is 0.580. The molecule has 0 aliphatic rings. The molecule has 6 heteroatoms. The quantitative estimate of drug-likeness (QED) is 0.312. The van der Waals surface area contributed by atoms with Crippen LogP contribution in [0.3, 0.4) is 0 Å². The van der Waals surface area contributed by atoms with Gasteiger partial charge in [-0.05, 0) is 61.4 Å². The van der Waals surface area contributed by atoms with Gasteiger partial charge in [-0.3, -0.25) is 4.98 Å². The Hall–Kier alpha value is -3.93. The van der Waals surface area contributed by atoms with Gasteiger partial charge in [0.05, 0.1) is 19.7 Å². The Balaban J connectivity index is 1.44. The molecule has 0 saturated carbocycles. The average Bonchev–Trinajstić information content (AvgIpc) is 2.83. The fourth-order valence-electron chi connectivity index (χ4n) is 3.60. The molecule has 33 heavy (non-hydrogen) atoms. The number of benzene rings is 3. The van der Waals surface area contributed by atoms with E-state index >= 15 is 0 Å². The van der Waals surface area contributed by atoms with Gasteiger partial charge in [0.15, 0.2) is 11.5 Å². The van der Waals surface area contributed by atoms with Crippen molar-refractivity contribution in [2.45, 2.75) is 13.8 Å². The summed E-state index contributed by atoms with van der Waals surface area (Å²) >= 11 is 0. The largest absolute Gasteiger partial charge is 0.493 e. The van der Waals surface area contributed by atoms with Crippen molar-refractivity contribution < 1.29 is 18.9 Å². The zero-order chi connectivity index (χ0) is 23.2. The third-order valence-electron chi connectivity index (χ3n) is 5.38. The van der Waals surface area contributed by atoms with Gasteiger partial charge < -0.3 is 24.3 Å². The molecule has 0 saturated heterocycles. The van der Waals surface area contributed by atoms with Crippen LogP contribution in [0.15, 0.2) is 66.9 Å². The molecule has 1 N–H and O–H groups in total. The number of methoxy groups -OCH3 is 2. The van der Waals surface area contributed by atoms with Gasteiger partial charge in [-0.2, -0.15) is 0 Å². The van der Waals surface area contributed by atoms with E-state index in [9.17, 15) is 0 Å². The van der Waals surface area contributed by atoms with Crippen LogP contribution < -0.4 is 24.3 Å². The van der Waals surface area contributed by atoms with E-state index in [0.29, 0.717) is 30.4 Å². The van der Waals surface area contributed by atoms with Gasteiger partial charge in [0.2, 0.25) is 0 Å². The molecule has 0 aliphatic heterocycles. The number of hydrogen-bond acceptors (Lipinski definition) is 6. The number of rotatable bonds is 9. The molecular formula is C27H28N2O4. The summed E-state index contributed by atoms with van der Waals surface area (Å²) < 4.78 is 22.9. The van der Waals surface area contributed by atoms with Crippen molar-refractivity contribution in [1.82, 2.24) is 4.98 Å². The van der Waals surface area contributed by atoms with E-state index in [0.717, 1.165) is 39.2 Å². The maximum atomic E-state index is 6.26. The van der Waals surface area contributed by atoms with Gasteiger partial charge in [0, 0.05) is 29.9 Å². The Labute approximate surface area is 194 Å². The van der Waals surface area contributed by atoms with E-state index in [2.05, 4.69) is 16.4 Å². The van der Waals surface area contributed by atoms with Crippen molar-refractivity contribution in [3.63, 3.8) is 0 Å². The number of aryl methyl sites for hydroxylation is 2. The second kappa shape index (κ2) is 10.1. The minimum absolute atomic E-state index is 0.580. The molecular weight excluding hydrogens is 416 g/mol. The molecule has 1 heterocycles. The number of aromatic nitrogens is 1. The molecule has 6 nitrogen and oxygen atoms in total. The maximum Gasteiger partial charge on any atom is 0.162 e. The molecule has 1 aromatic heterocycles. The smallest absolute Gasteiger partial charge is 0.162 e. The van der Waals surface area contributed by atoms with Gasteiger partial charge in [-0.1, -0.05) is 18.2 Å². The van der Waals surface area contributed by atoms with Crippen molar-refractivity contribution in [2.75, 3.05) is 32.7 Å². The van der Waals surface area contributed by atoms with Crippen LogP contribution in [0.25, 0.3) is 10.9 Å². The van der Waals surface area contributed by atoms with Gasteiger partial charge in [-0.15, -0.1) is 0 Å². The van der Waals surface area contributed by atoms with Crippen molar-refractivity contribution >= 4 is 16.6 Å². The van der Waals surface area contributed by atoms with Crippen molar-refractivity contribution in [3.05, 3.63) is 78.0 Å². The lowest BCUT2D eigenvalue weighted by atomic mass is 10.1. The zero-order valence-electron chi connectivity index (χ0n) is 19.3. The molecule has 0 aliphatic carbocycles. The lowest BCUT2D eigenvalue weighted by Gasteiger charge is -2.15. The Morgan fingerprint density at radius 2 is 1.55 bits per heavy atom. The second-order valence-electron chi connectivity index (χ2n) is 7.66. The summed E-state index contributed by atoms with van der Waals surface area (Å²) in [5.74, 6) is 3.66. The van der Waals surface area contributed by atoms with E-state index < -0.39 is 0 Å². The molecule has 0 amide bonds. The first-order valence-electron chi connectivity index (χ1n) is 10.8. The van der Waals surface area contributed by atoms with Crippen LogP contribution in [-0.4, -0.2) is 32.4 Å². The van der Waals surface area contributed by atoms with E-state index in [1.54, 1.807) is 20.4 Å². The highest BCUT2D eigenvalue weighted by Gasteiger charge is 2.12. The maximum absolute atomic E-state index is 6.26. The van der Waals surface area contributed by atoms with Crippen LogP contribution >= 0.6 is 0 Å². The molecule has 4 aromatic rings. The molecule has 0 fully saturated rings. The summed E-state index contributed by atoms with van der Waals surface area (Å²) in [7, 11) is 3.22. The van der Waals surface area contributed by atoms with Crippen LogP contribution in [0.1, 0.15) is 11.1 Å². The molecule has 0 spiro atoms. The van der Waals surface area contributed by atoms with E-state index in [4.69, 9.17) is 18.9 Å². The highest BCUT2D eigenvalue weighted by atomic mass is 16.5. The molecule has 3 aromatic carbocycles. The Bertz CT molecular complexity index is 1260. The van der Waals surface area contributed by atoms with Crippen molar-refractivity contribution in [3.8, 4) is 28.7 Å². The molecule has 0 unspecified atom stereocenters. The normalized spacial score (nSPS) is 10.7. The fourth-order valence-corrected chi connectivity index (χ4v) is 3.60. The van der Waals surface area contributed by atoms with E-state index in [-0.39, 0.29) is 0 Å². The predicted octanol–water partition coefficient (Wildman–Crippen LogP) is 6.15. The number of fused-ring (bicyclic) bond motifs is 1. The number of hydrogen-bond donors (Lipinski definition) is 1. The van der Waals surface area contributed by atoms with Gasteiger partial charge in [-0.25, -0.2) is 0 Å². The number of pyridine rings is 1. The first kappa shape index (κ1) is 22.3. The first-order chi connectivity index (χ1) is 16.1. The number of ether oxygens (including phenoxy) is 4. The zero-order valence-corrected chi connectivity index (χ0v) is 19.3. The van der Waals surface area contributed by atoms with E-state index in [1.807, 2.05) is 68.4 Å². The van der Waals surface area contributed by atoms with Crippen LogP contribution in [0.2, 0.25) is 0 Å². The minimum Gasteiger partial charge on any atom is -0.493 e. The summed E-state index contributed by atoms with van der Waals surface area (Å²) in [6.45, 7) is 5.35. The number of anilines is 1. The SMILES string of the molecule is COc1cc2nccc(Oc3ccc(NCCOc4ccccc4C)cc3C)c2cc1OC. The molecule has 170 valence electrons. The molecule has 0 bridgehead atoms. The monoisotopic (exact) mass is 444 g/mol. The highest BCUT2D eigenvalue weighted by molar-refractivity contribution is 5.88. The standard InChI is InChI=1S/C27H28N2O4/c1-18-7-5-6-8-23(18)32-14-13-28-20-9-10-24(19(2)15-20)33-25-11-12-29-22-17-27(31-4)26(30-3)16-21(22)25/h5-12,15-17,28H,13-14H2,1-4H3. The van der Waals surface area contributed by atoms with Crippen LogP contribution in [-0.2, 0) is 0 Å². The van der Waals surface area contributed by atoms with Crippen LogP contribution in [0, 0.1) is 13.8 Å². The topological polar surface area (TPSA) is 61.8 Å². The highest BCUT2D eigenvalue weighted by Crippen LogP contribution is 2.37. The summed E-state index contributed by atoms with van der Waals surface area (Å²) in [4.78, 5) is 4.44. The van der Waals surface area contributed by atoms with E-state index in [1.165, 1.54) is 0 Å². The second-order valence-corrected chi connectivity index (χ2v) is 7.66. The summed E-state index contributed by atoms with van der Waals surface area (Å²) in [6.07, 6.45) is 1.73. The third-order valence-corrected chi connectivity index (χ3v) is 5.38. The summed E-state index contributed by atoms with van der Waals surface area (Å²) in [5.41, 5.74) is 3.94. The summed E-state index contributed by atoms with van der Waals surface area (Å²) in [6, 6.07) is 19.6. The van der Waals surface area contributed by atoms with Gasteiger partial charge in [0.25, 0.3) is 0 Å². The third kappa shape index (κ3) is 5.12. The van der Waals surface area contributed by atoms with Crippen molar-refractivity contribution in [2.24, 2.45) is 0 Å². The lowest BCUT2D eigenvalue weighted by Crippen LogP contribution is -2.12. The number of para-hydroxylation sites is 1. The summed E-state index contributed by atoms with van der Waals surface area (Å²) in [5, 5.41) is 4.25. The van der Waals surface area contributed by atoms with Gasteiger partial charge >= 0.3 is 0 Å². The van der Waals surface area contributed by atoms with Gasteiger partial charge in [0.1, 0.15) is 23.9 Å². The Morgan fingerprint density at radius 3 is 2.30 bits per heavy atom. The Morgan fingerprint density at radius 1 is 0.758 bits per heavy atom. The lowest BCUT2D eigenvalue weighted by molar-refractivity contribution is 0.330. The predicted molar refractivity (Wildman–Crippen MR) is 131 cm³/mol. The van der Waals surface area contributed by atoms with Crippen molar-refractivity contribution in [1.29, 1.82) is 0 Å². The van der Waals surface area contributed by atoms with Crippen LogP contribution in [0.4, 0.5) is 5.69 Å². The first-order valence-corrected chi connectivity index (χ1v) is 10.8. The number of nitrogens with one attached hydrogen (secondary N) is 1. The molecule has 4 rings (SSSR count). The number of nitrogens with zero attached hydrogens (tertiary/aromatic N) is 1.